The van der Waals surface area contributed by atoms with Gasteiger partial charge >= 0.3 is 0 Å². The third kappa shape index (κ3) is 9.36. The van der Waals surface area contributed by atoms with Crippen molar-refractivity contribution in [2.24, 2.45) is 0 Å². The third-order valence-electron chi connectivity index (χ3n) is 6.59. The second kappa shape index (κ2) is 15.9. The number of rotatable bonds is 19. The summed E-state index contributed by atoms with van der Waals surface area (Å²) in [5.74, 6) is 0.427. The van der Waals surface area contributed by atoms with E-state index in [2.05, 4.69) is 17.2 Å². The van der Waals surface area contributed by atoms with E-state index in [-0.39, 0.29) is 11.5 Å². The van der Waals surface area contributed by atoms with Crippen molar-refractivity contribution < 1.29 is 9.90 Å². The Morgan fingerprint density at radius 1 is 0.844 bits per heavy atom. The van der Waals surface area contributed by atoms with Gasteiger partial charge in [-0.25, -0.2) is 0 Å². The summed E-state index contributed by atoms with van der Waals surface area (Å²) in [5, 5.41) is 14.4. The van der Waals surface area contributed by atoms with Crippen LogP contribution in [0.25, 0.3) is 10.9 Å². The Labute approximate surface area is 195 Å². The number of carbonyl (C=O) groups is 1. The molecule has 2 aromatic rings. The molecule has 0 aliphatic rings. The lowest BCUT2D eigenvalue weighted by atomic mass is 10.00. The molecule has 1 heterocycles. The summed E-state index contributed by atoms with van der Waals surface area (Å²) in [4.78, 5) is 15.8. The van der Waals surface area contributed by atoms with E-state index < -0.39 is 0 Å². The molecule has 0 aliphatic carbocycles. The number of aromatic hydroxyl groups is 1. The van der Waals surface area contributed by atoms with Crippen molar-refractivity contribution in [1.82, 2.24) is 10.3 Å². The van der Waals surface area contributed by atoms with Gasteiger partial charge in [-0.3, -0.25) is 4.79 Å². The van der Waals surface area contributed by atoms with Gasteiger partial charge in [0.15, 0.2) is 5.78 Å². The van der Waals surface area contributed by atoms with Gasteiger partial charge in [-0.2, -0.15) is 0 Å². The molecule has 1 aromatic carbocycles. The number of hydrogen-bond acceptors (Lipinski definition) is 3. The first kappa shape index (κ1) is 26.4. The average Bonchev–Trinajstić information content (AvgIpc) is 3.23. The third-order valence-corrected chi connectivity index (χ3v) is 6.59. The van der Waals surface area contributed by atoms with Crippen molar-refractivity contribution in [3.05, 3.63) is 29.5 Å². The first-order chi connectivity index (χ1) is 15.6. The first-order valence-electron chi connectivity index (χ1n) is 13.2. The number of unbranched alkanes of at least 4 members (excludes halogenated alkanes) is 12. The zero-order valence-corrected chi connectivity index (χ0v) is 20.6. The molecule has 32 heavy (non-hydrogen) atoms. The number of H-pyrrole nitrogens is 1. The number of ketones is 1. The minimum atomic E-state index is 0.178. The highest BCUT2D eigenvalue weighted by Gasteiger charge is 2.15. The van der Waals surface area contributed by atoms with Crippen molar-refractivity contribution in [3.63, 3.8) is 0 Å². The normalized spacial score (nSPS) is 11.4. The largest absolute Gasteiger partial charge is 0.508 e. The van der Waals surface area contributed by atoms with Crippen molar-refractivity contribution in [3.8, 4) is 5.75 Å². The molecule has 4 nitrogen and oxygen atoms in total. The van der Waals surface area contributed by atoms with E-state index in [9.17, 15) is 9.90 Å². The van der Waals surface area contributed by atoms with E-state index in [0.717, 1.165) is 41.4 Å². The van der Waals surface area contributed by atoms with Gasteiger partial charge in [-0.15, -0.1) is 0 Å². The molecular formula is C28H46N2O2. The SMILES string of the molecule is CCCCCCCCCNCCCCCCCCCC(=O)c1c[nH]c2ccc(O)c(C)c12. The van der Waals surface area contributed by atoms with E-state index in [4.69, 9.17) is 0 Å². The van der Waals surface area contributed by atoms with Crippen LogP contribution in [0.15, 0.2) is 18.3 Å². The van der Waals surface area contributed by atoms with E-state index in [0.29, 0.717) is 6.42 Å². The molecule has 0 bridgehead atoms. The number of Topliss-reactive ketones (excluding diaryl/α,β-unsaturated/α-hetero) is 1. The lowest BCUT2D eigenvalue weighted by Crippen LogP contribution is -2.16. The van der Waals surface area contributed by atoms with Gasteiger partial charge in [-0.1, -0.05) is 77.6 Å². The van der Waals surface area contributed by atoms with Crippen LogP contribution in [0.3, 0.4) is 0 Å². The highest BCUT2D eigenvalue weighted by molar-refractivity contribution is 6.09. The Kier molecular flexibility index (Phi) is 13.1. The molecule has 1 aromatic heterocycles. The minimum absolute atomic E-state index is 0.178. The van der Waals surface area contributed by atoms with Gasteiger partial charge in [0.05, 0.1) is 0 Å². The molecule has 180 valence electrons. The van der Waals surface area contributed by atoms with Crippen LogP contribution in [-0.4, -0.2) is 29.0 Å². The van der Waals surface area contributed by atoms with Gasteiger partial charge in [0.2, 0.25) is 0 Å². The van der Waals surface area contributed by atoms with Gasteiger partial charge in [0.1, 0.15) is 5.75 Å². The van der Waals surface area contributed by atoms with Gasteiger partial charge < -0.3 is 15.4 Å². The van der Waals surface area contributed by atoms with Crippen molar-refractivity contribution in [2.45, 2.75) is 110 Å². The Bertz CT molecular complexity index is 781. The summed E-state index contributed by atoms with van der Waals surface area (Å²) in [7, 11) is 0. The van der Waals surface area contributed by atoms with Gasteiger partial charge in [0, 0.05) is 34.6 Å². The number of aromatic amines is 1. The Morgan fingerprint density at radius 3 is 2.03 bits per heavy atom. The van der Waals surface area contributed by atoms with Crippen LogP contribution in [0.4, 0.5) is 0 Å². The Balaban J connectivity index is 1.42. The monoisotopic (exact) mass is 442 g/mol. The molecule has 0 radical (unpaired) electrons. The average molecular weight is 443 g/mol. The summed E-state index contributed by atoms with van der Waals surface area (Å²) in [6.45, 7) is 6.48. The van der Waals surface area contributed by atoms with E-state index in [1.807, 2.05) is 13.0 Å². The van der Waals surface area contributed by atoms with Crippen molar-refractivity contribution >= 4 is 16.7 Å². The molecule has 0 aliphatic heterocycles. The van der Waals surface area contributed by atoms with E-state index in [1.165, 1.54) is 83.6 Å². The summed E-state index contributed by atoms with van der Waals surface area (Å²) in [6.07, 6.45) is 20.5. The second-order valence-corrected chi connectivity index (χ2v) is 9.35. The Morgan fingerprint density at radius 2 is 1.41 bits per heavy atom. The molecule has 3 N–H and O–H groups in total. The summed E-state index contributed by atoms with van der Waals surface area (Å²) >= 11 is 0. The molecule has 2 rings (SSSR count). The van der Waals surface area contributed by atoms with Crippen LogP contribution < -0.4 is 5.32 Å². The minimum Gasteiger partial charge on any atom is -0.508 e. The summed E-state index contributed by atoms with van der Waals surface area (Å²) in [5.41, 5.74) is 2.42. The fourth-order valence-electron chi connectivity index (χ4n) is 4.50. The summed E-state index contributed by atoms with van der Waals surface area (Å²) < 4.78 is 0. The Hall–Kier alpha value is -1.81. The van der Waals surface area contributed by atoms with Crippen LogP contribution in [0.5, 0.6) is 5.75 Å². The number of hydrogen-bond donors (Lipinski definition) is 3. The predicted molar refractivity (Wildman–Crippen MR) is 137 cm³/mol. The molecular weight excluding hydrogens is 396 g/mol. The molecule has 0 saturated carbocycles. The smallest absolute Gasteiger partial charge is 0.165 e. The quantitative estimate of drug-likeness (QED) is 0.153. The first-order valence-corrected chi connectivity index (χ1v) is 13.2. The highest BCUT2D eigenvalue weighted by Crippen LogP contribution is 2.29. The van der Waals surface area contributed by atoms with E-state index in [1.54, 1.807) is 12.3 Å². The molecule has 0 fully saturated rings. The van der Waals surface area contributed by atoms with Gasteiger partial charge in [-0.05, 0) is 51.4 Å². The molecule has 0 amide bonds. The molecule has 0 spiro atoms. The number of benzene rings is 1. The van der Waals surface area contributed by atoms with Crippen LogP contribution in [0, 0.1) is 6.92 Å². The number of carbonyl (C=O) groups excluding carboxylic acids is 1. The maximum atomic E-state index is 12.6. The fraction of sp³-hybridized carbons (Fsp3) is 0.679. The van der Waals surface area contributed by atoms with Crippen LogP contribution in [-0.2, 0) is 0 Å². The zero-order valence-electron chi connectivity index (χ0n) is 20.6. The number of phenolic OH excluding ortho intramolecular Hbond substituents is 1. The molecule has 0 saturated heterocycles. The second-order valence-electron chi connectivity index (χ2n) is 9.35. The molecule has 0 unspecified atom stereocenters. The summed E-state index contributed by atoms with van der Waals surface area (Å²) in [6, 6.07) is 3.51. The van der Waals surface area contributed by atoms with E-state index >= 15 is 0 Å². The van der Waals surface area contributed by atoms with Crippen molar-refractivity contribution in [1.29, 1.82) is 0 Å². The van der Waals surface area contributed by atoms with Gasteiger partial charge in [0.25, 0.3) is 0 Å². The fourth-order valence-corrected chi connectivity index (χ4v) is 4.50. The maximum Gasteiger partial charge on any atom is 0.165 e. The van der Waals surface area contributed by atoms with Crippen LogP contribution in [0.1, 0.15) is 119 Å². The maximum absolute atomic E-state index is 12.6. The van der Waals surface area contributed by atoms with Crippen LogP contribution >= 0.6 is 0 Å². The lowest BCUT2D eigenvalue weighted by Gasteiger charge is -2.06. The molecule has 4 heteroatoms. The predicted octanol–water partition coefficient (Wildman–Crippen LogP) is 7.83. The number of fused-ring (bicyclic) bond motifs is 1. The topological polar surface area (TPSA) is 65.1 Å². The number of aromatic nitrogens is 1. The number of nitrogens with one attached hydrogen (secondary N) is 2. The number of aryl methyl sites for hydroxylation is 1. The van der Waals surface area contributed by atoms with Crippen molar-refractivity contribution in [2.75, 3.05) is 13.1 Å². The molecule has 0 atom stereocenters. The zero-order chi connectivity index (χ0) is 23.0. The standard InChI is InChI=1S/C28H46N2O2/c1-3-4-5-6-9-12-15-20-29-21-16-13-10-7-8-11-14-17-27(32)24-22-30-25-18-19-26(31)23(2)28(24)25/h18-19,22,29-31H,3-17,20-21H2,1-2H3. The highest BCUT2D eigenvalue weighted by atomic mass is 16.3. The lowest BCUT2D eigenvalue weighted by molar-refractivity contribution is 0.0980. The number of phenols is 1. The van der Waals surface area contributed by atoms with Crippen LogP contribution in [0.2, 0.25) is 0 Å².